The van der Waals surface area contributed by atoms with Gasteiger partial charge in [0.1, 0.15) is 5.00 Å². The topological polar surface area (TPSA) is 78.9 Å². The number of carbonyl (C=O) groups is 2. The van der Waals surface area contributed by atoms with E-state index in [9.17, 15) is 14.7 Å². The molecule has 0 unspecified atom stereocenters. The van der Waals surface area contributed by atoms with Crippen LogP contribution in [-0.2, 0) is 24.1 Å². The van der Waals surface area contributed by atoms with Crippen molar-refractivity contribution in [3.8, 4) is 0 Å². The van der Waals surface area contributed by atoms with E-state index in [4.69, 9.17) is 4.74 Å². The highest BCUT2D eigenvalue weighted by Crippen LogP contribution is 2.39. The molecule has 0 aliphatic heterocycles. The van der Waals surface area contributed by atoms with Gasteiger partial charge in [-0.2, -0.15) is 0 Å². The van der Waals surface area contributed by atoms with Gasteiger partial charge >= 0.3 is 12.0 Å². The van der Waals surface area contributed by atoms with Gasteiger partial charge in [-0.25, -0.2) is 9.59 Å². The predicted molar refractivity (Wildman–Crippen MR) is 101 cm³/mol. The number of nitrogens with one attached hydrogen (secondary N) is 1. The largest absolute Gasteiger partial charge is 0.465 e. The van der Waals surface area contributed by atoms with E-state index in [-0.39, 0.29) is 19.2 Å². The van der Waals surface area contributed by atoms with Crippen molar-refractivity contribution in [2.24, 2.45) is 0 Å². The summed E-state index contributed by atoms with van der Waals surface area (Å²) >= 11 is 1.44. The molecule has 2 amide bonds. The Labute approximate surface area is 156 Å². The minimum atomic E-state index is -0.420. The van der Waals surface area contributed by atoms with Crippen molar-refractivity contribution in [3.63, 3.8) is 0 Å². The summed E-state index contributed by atoms with van der Waals surface area (Å²) in [6.07, 6.45) is 2.77. The second-order valence-electron chi connectivity index (χ2n) is 6.11. The molecule has 2 N–H and O–H groups in total. The van der Waals surface area contributed by atoms with E-state index in [0.717, 1.165) is 35.3 Å². The first-order valence-corrected chi connectivity index (χ1v) is 9.39. The number of aryl methyl sites for hydroxylation is 1. The first-order chi connectivity index (χ1) is 12.6. The van der Waals surface area contributed by atoms with Gasteiger partial charge in [0.2, 0.25) is 0 Å². The van der Waals surface area contributed by atoms with E-state index < -0.39 is 5.97 Å². The number of carbonyl (C=O) groups excluding carboxylic acids is 2. The van der Waals surface area contributed by atoms with Crippen molar-refractivity contribution >= 4 is 28.3 Å². The SMILES string of the molecule is COC(=O)c1c(NC(=O)N(CCO)Cc2ccccc2)sc2c1CCC2. The monoisotopic (exact) mass is 374 g/mol. The van der Waals surface area contributed by atoms with Gasteiger partial charge in [-0.3, -0.25) is 5.32 Å². The summed E-state index contributed by atoms with van der Waals surface area (Å²) in [6.45, 7) is 0.455. The number of hydrogen-bond donors (Lipinski definition) is 2. The molecule has 138 valence electrons. The van der Waals surface area contributed by atoms with Crippen molar-refractivity contribution in [1.82, 2.24) is 4.90 Å². The fraction of sp³-hybridized carbons (Fsp3) is 0.368. The van der Waals surface area contributed by atoms with Gasteiger partial charge in [0.15, 0.2) is 0 Å². The molecule has 6 nitrogen and oxygen atoms in total. The minimum Gasteiger partial charge on any atom is -0.465 e. The smallest absolute Gasteiger partial charge is 0.341 e. The zero-order valence-corrected chi connectivity index (χ0v) is 15.5. The maximum atomic E-state index is 12.8. The minimum absolute atomic E-state index is 0.134. The van der Waals surface area contributed by atoms with Gasteiger partial charge in [-0.05, 0) is 30.4 Å². The Kier molecular flexibility index (Phi) is 5.90. The summed E-state index contributed by atoms with van der Waals surface area (Å²) in [7, 11) is 1.35. The number of nitrogens with zero attached hydrogens (tertiary/aromatic N) is 1. The third-order valence-electron chi connectivity index (χ3n) is 4.40. The molecular formula is C19H22N2O4S. The van der Waals surface area contributed by atoms with E-state index in [1.807, 2.05) is 30.3 Å². The lowest BCUT2D eigenvalue weighted by Crippen LogP contribution is -2.36. The van der Waals surface area contributed by atoms with Crippen molar-refractivity contribution in [2.75, 3.05) is 25.6 Å². The Hall–Kier alpha value is -2.38. The number of amides is 2. The van der Waals surface area contributed by atoms with Crippen LogP contribution in [-0.4, -0.2) is 42.3 Å². The summed E-state index contributed by atoms with van der Waals surface area (Å²) in [5, 5.41) is 12.7. The third kappa shape index (κ3) is 3.89. The van der Waals surface area contributed by atoms with Crippen LogP contribution < -0.4 is 5.32 Å². The lowest BCUT2D eigenvalue weighted by molar-refractivity contribution is 0.0601. The number of thiophene rings is 1. The Bertz CT molecular complexity index is 788. The summed E-state index contributed by atoms with van der Waals surface area (Å²) in [4.78, 5) is 27.6. The van der Waals surface area contributed by atoms with Crippen LogP contribution in [0.1, 0.15) is 32.8 Å². The molecule has 0 spiro atoms. The first-order valence-electron chi connectivity index (χ1n) is 8.57. The normalized spacial score (nSPS) is 12.5. The highest BCUT2D eigenvalue weighted by atomic mass is 32.1. The molecule has 0 saturated carbocycles. The fourth-order valence-corrected chi connectivity index (χ4v) is 4.43. The van der Waals surface area contributed by atoms with Crippen molar-refractivity contribution in [2.45, 2.75) is 25.8 Å². The molecule has 0 atom stereocenters. The van der Waals surface area contributed by atoms with Crippen LogP contribution in [0.2, 0.25) is 0 Å². The number of aliphatic hydroxyl groups is 1. The van der Waals surface area contributed by atoms with Crippen LogP contribution in [0.5, 0.6) is 0 Å². The molecule has 1 aliphatic carbocycles. The third-order valence-corrected chi connectivity index (χ3v) is 5.61. The van der Waals surface area contributed by atoms with Gasteiger partial charge in [0.25, 0.3) is 0 Å². The summed E-state index contributed by atoms with van der Waals surface area (Å²) in [5.74, 6) is -0.420. The molecule has 1 heterocycles. The number of esters is 1. The molecule has 3 rings (SSSR count). The highest BCUT2D eigenvalue weighted by molar-refractivity contribution is 7.17. The van der Waals surface area contributed by atoms with E-state index in [0.29, 0.717) is 17.1 Å². The zero-order chi connectivity index (χ0) is 18.5. The molecule has 0 radical (unpaired) electrons. The first kappa shape index (κ1) is 18.4. The average molecular weight is 374 g/mol. The van der Waals surface area contributed by atoms with Crippen LogP contribution in [0.4, 0.5) is 9.80 Å². The van der Waals surface area contributed by atoms with E-state index >= 15 is 0 Å². The number of rotatable bonds is 6. The molecule has 1 aromatic carbocycles. The van der Waals surface area contributed by atoms with Crippen molar-refractivity contribution < 1.29 is 19.4 Å². The molecule has 2 aromatic rings. The molecule has 0 bridgehead atoms. The standard InChI is InChI=1S/C19H22N2O4S/c1-25-18(23)16-14-8-5-9-15(14)26-17(16)20-19(24)21(10-11-22)12-13-6-3-2-4-7-13/h2-4,6-7,22H,5,8-12H2,1H3,(H,20,24). The van der Waals surface area contributed by atoms with E-state index in [1.165, 1.54) is 23.3 Å². The number of methoxy groups -OCH3 is 1. The van der Waals surface area contributed by atoms with E-state index in [2.05, 4.69) is 5.32 Å². The number of urea groups is 1. The fourth-order valence-electron chi connectivity index (χ4n) is 3.16. The van der Waals surface area contributed by atoms with Gasteiger partial charge in [-0.15, -0.1) is 11.3 Å². The molecule has 26 heavy (non-hydrogen) atoms. The van der Waals surface area contributed by atoms with Crippen LogP contribution >= 0.6 is 11.3 Å². The molecule has 7 heteroatoms. The second-order valence-corrected chi connectivity index (χ2v) is 7.22. The molecule has 0 saturated heterocycles. The number of anilines is 1. The summed E-state index contributed by atoms with van der Waals surface area (Å²) in [6, 6.07) is 9.24. The Morgan fingerprint density at radius 2 is 2.04 bits per heavy atom. The van der Waals surface area contributed by atoms with Crippen molar-refractivity contribution in [1.29, 1.82) is 0 Å². The maximum Gasteiger partial charge on any atom is 0.341 e. The molecular weight excluding hydrogens is 352 g/mol. The highest BCUT2D eigenvalue weighted by Gasteiger charge is 2.28. The molecule has 1 aromatic heterocycles. The number of hydrogen-bond acceptors (Lipinski definition) is 5. The Balaban J connectivity index is 1.80. The Morgan fingerprint density at radius 1 is 1.27 bits per heavy atom. The Morgan fingerprint density at radius 3 is 2.73 bits per heavy atom. The number of ether oxygens (including phenoxy) is 1. The van der Waals surface area contributed by atoms with Gasteiger partial charge in [-0.1, -0.05) is 30.3 Å². The maximum absolute atomic E-state index is 12.8. The van der Waals surface area contributed by atoms with E-state index in [1.54, 1.807) is 0 Å². The number of aliphatic hydroxyl groups excluding tert-OH is 1. The average Bonchev–Trinajstić information content (AvgIpc) is 3.22. The summed E-state index contributed by atoms with van der Waals surface area (Å²) in [5.41, 5.74) is 2.44. The second kappa shape index (κ2) is 8.33. The van der Waals surface area contributed by atoms with Crippen molar-refractivity contribution in [3.05, 3.63) is 51.9 Å². The molecule has 1 aliphatic rings. The van der Waals surface area contributed by atoms with Crippen LogP contribution in [0, 0.1) is 0 Å². The quantitative estimate of drug-likeness (QED) is 0.762. The van der Waals surface area contributed by atoms with Gasteiger partial charge in [0, 0.05) is 18.0 Å². The molecule has 0 fully saturated rings. The predicted octanol–water partition coefficient (Wildman–Crippen LogP) is 3.05. The van der Waals surface area contributed by atoms with Crippen LogP contribution in [0.15, 0.2) is 30.3 Å². The van der Waals surface area contributed by atoms with Gasteiger partial charge in [0.05, 0.1) is 19.3 Å². The lowest BCUT2D eigenvalue weighted by atomic mass is 10.1. The zero-order valence-electron chi connectivity index (χ0n) is 14.7. The van der Waals surface area contributed by atoms with Crippen LogP contribution in [0.25, 0.3) is 0 Å². The van der Waals surface area contributed by atoms with Gasteiger partial charge < -0.3 is 14.7 Å². The van der Waals surface area contributed by atoms with Crippen LogP contribution in [0.3, 0.4) is 0 Å². The number of benzene rings is 1. The lowest BCUT2D eigenvalue weighted by Gasteiger charge is -2.22. The number of fused-ring (bicyclic) bond motifs is 1. The summed E-state index contributed by atoms with van der Waals surface area (Å²) < 4.78 is 4.91.